The molecule has 0 heterocycles. The van der Waals surface area contributed by atoms with Crippen molar-refractivity contribution in [3.05, 3.63) is 58.9 Å². The summed E-state index contributed by atoms with van der Waals surface area (Å²) in [4.78, 5) is 4.49. The Labute approximate surface area is 194 Å². The monoisotopic (exact) mass is 531 g/mol. The number of aryl methyl sites for hydroxylation is 1. The van der Waals surface area contributed by atoms with Crippen LogP contribution < -0.4 is 15.4 Å². The van der Waals surface area contributed by atoms with E-state index in [4.69, 9.17) is 9.47 Å². The van der Waals surface area contributed by atoms with Crippen LogP contribution >= 0.6 is 24.0 Å². The number of hydrogen-bond donors (Lipinski definition) is 3. The molecule has 0 atom stereocenters. The van der Waals surface area contributed by atoms with Gasteiger partial charge in [-0.3, -0.25) is 0 Å². The number of guanidine groups is 1. The van der Waals surface area contributed by atoms with Crippen LogP contribution in [0, 0.1) is 12.7 Å². The van der Waals surface area contributed by atoms with Gasteiger partial charge in [0.25, 0.3) is 0 Å². The van der Waals surface area contributed by atoms with Gasteiger partial charge in [0.2, 0.25) is 0 Å². The minimum Gasteiger partial charge on any atom is -0.505 e. The molecule has 0 aliphatic rings. The minimum absolute atomic E-state index is 0. The number of phenolic OH excluding ortho intramolecular Hbond substituents is 1. The predicted octanol–water partition coefficient (Wildman–Crippen LogP) is 4.13. The van der Waals surface area contributed by atoms with Gasteiger partial charge in [0.05, 0.1) is 13.2 Å². The first-order chi connectivity index (χ1) is 14.0. The summed E-state index contributed by atoms with van der Waals surface area (Å²) in [7, 11) is 0. The van der Waals surface area contributed by atoms with Crippen LogP contribution in [-0.2, 0) is 17.8 Å². The number of nitrogens with zero attached hydrogens (tertiary/aromatic N) is 1. The zero-order chi connectivity index (χ0) is 21.1. The number of rotatable bonds is 10. The molecular formula is C22H31FIN3O3. The lowest BCUT2D eigenvalue weighted by atomic mass is 10.1. The van der Waals surface area contributed by atoms with Gasteiger partial charge in [-0.15, -0.1) is 24.0 Å². The van der Waals surface area contributed by atoms with E-state index in [9.17, 15) is 9.50 Å². The van der Waals surface area contributed by atoms with Crippen LogP contribution in [0.5, 0.6) is 11.5 Å². The molecule has 0 fully saturated rings. The molecule has 0 aromatic heterocycles. The van der Waals surface area contributed by atoms with Crippen LogP contribution in [-0.4, -0.2) is 37.4 Å². The highest BCUT2D eigenvalue weighted by Gasteiger charge is 2.07. The van der Waals surface area contributed by atoms with Crippen molar-refractivity contribution < 1.29 is 19.0 Å². The first-order valence-electron chi connectivity index (χ1n) is 9.83. The molecule has 3 N–H and O–H groups in total. The molecule has 0 aliphatic heterocycles. The average Bonchev–Trinajstić information content (AvgIpc) is 2.71. The number of nitrogens with one attached hydrogen (secondary N) is 2. The van der Waals surface area contributed by atoms with Gasteiger partial charge < -0.3 is 25.2 Å². The highest BCUT2D eigenvalue weighted by Crippen LogP contribution is 2.20. The van der Waals surface area contributed by atoms with Gasteiger partial charge >= 0.3 is 0 Å². The summed E-state index contributed by atoms with van der Waals surface area (Å²) in [5.74, 6) is 0.415. The fourth-order valence-corrected chi connectivity index (χ4v) is 2.64. The summed E-state index contributed by atoms with van der Waals surface area (Å²) in [6.45, 7) is 9.17. The number of aliphatic imine (C=N–C) groups is 1. The van der Waals surface area contributed by atoms with Crippen LogP contribution in [0.4, 0.5) is 4.39 Å². The first-order valence-corrected chi connectivity index (χ1v) is 9.83. The lowest BCUT2D eigenvalue weighted by molar-refractivity contribution is 0.110. The number of hydrogen-bond acceptors (Lipinski definition) is 4. The quantitative estimate of drug-likeness (QED) is 0.186. The van der Waals surface area contributed by atoms with Gasteiger partial charge in [0.1, 0.15) is 12.4 Å². The second-order valence-electron chi connectivity index (χ2n) is 6.49. The van der Waals surface area contributed by atoms with Gasteiger partial charge in [0, 0.05) is 25.3 Å². The van der Waals surface area contributed by atoms with Crippen LogP contribution in [0.25, 0.3) is 0 Å². The second kappa shape index (κ2) is 14.0. The molecule has 2 aromatic carbocycles. The van der Waals surface area contributed by atoms with Gasteiger partial charge in [0.15, 0.2) is 17.5 Å². The molecule has 6 nitrogen and oxygen atoms in total. The van der Waals surface area contributed by atoms with Crippen molar-refractivity contribution in [2.45, 2.75) is 33.9 Å². The molecule has 0 spiro atoms. The molecule has 2 aromatic rings. The topological polar surface area (TPSA) is 75.1 Å². The summed E-state index contributed by atoms with van der Waals surface area (Å²) < 4.78 is 24.7. The fraction of sp³-hybridized carbons (Fsp3) is 0.409. The molecule has 2 rings (SSSR count). The van der Waals surface area contributed by atoms with E-state index in [1.54, 1.807) is 6.07 Å². The van der Waals surface area contributed by atoms with Crippen LogP contribution in [0.3, 0.4) is 0 Å². The van der Waals surface area contributed by atoms with Crippen molar-refractivity contribution in [2.75, 3.05) is 26.4 Å². The van der Waals surface area contributed by atoms with Crippen molar-refractivity contribution in [2.24, 2.45) is 4.99 Å². The summed E-state index contributed by atoms with van der Waals surface area (Å²) in [6, 6.07) is 10.3. The van der Waals surface area contributed by atoms with Crippen LogP contribution in [0.15, 0.2) is 41.4 Å². The Morgan fingerprint density at radius 3 is 2.60 bits per heavy atom. The van der Waals surface area contributed by atoms with E-state index in [0.717, 1.165) is 16.9 Å². The SMILES string of the molecule is CCNC(=NCc1ccc(O)c(F)c1)NCc1ccc(C)cc1OCCOCC.I. The lowest BCUT2D eigenvalue weighted by Gasteiger charge is -2.15. The molecule has 0 bridgehead atoms. The average molecular weight is 531 g/mol. The van der Waals surface area contributed by atoms with Gasteiger partial charge in [-0.1, -0.05) is 18.2 Å². The number of aromatic hydroxyl groups is 1. The highest BCUT2D eigenvalue weighted by molar-refractivity contribution is 14.0. The normalized spacial score (nSPS) is 11.0. The molecule has 0 saturated heterocycles. The Balaban J connectivity index is 0.00000450. The van der Waals surface area contributed by atoms with Crippen LogP contribution in [0.1, 0.15) is 30.5 Å². The van der Waals surface area contributed by atoms with Crippen molar-refractivity contribution in [1.29, 1.82) is 0 Å². The van der Waals surface area contributed by atoms with E-state index in [1.807, 2.05) is 39.0 Å². The maximum absolute atomic E-state index is 13.5. The maximum atomic E-state index is 13.5. The Morgan fingerprint density at radius 2 is 1.90 bits per heavy atom. The third-order valence-electron chi connectivity index (χ3n) is 4.13. The fourth-order valence-electron chi connectivity index (χ4n) is 2.64. The van der Waals surface area contributed by atoms with E-state index in [0.29, 0.717) is 44.4 Å². The zero-order valence-corrected chi connectivity index (χ0v) is 20.0. The minimum atomic E-state index is -0.649. The number of benzene rings is 2. The molecule has 0 amide bonds. The van der Waals surface area contributed by atoms with Gasteiger partial charge in [-0.2, -0.15) is 0 Å². The first kappa shape index (κ1) is 26.0. The summed E-state index contributed by atoms with van der Waals surface area (Å²) in [6.07, 6.45) is 0. The Hall–Kier alpha value is -2.07. The number of halogens is 2. The molecular weight excluding hydrogens is 500 g/mol. The molecule has 0 radical (unpaired) electrons. The predicted molar refractivity (Wildman–Crippen MR) is 128 cm³/mol. The van der Waals surface area contributed by atoms with E-state index in [1.165, 1.54) is 12.1 Å². The highest BCUT2D eigenvalue weighted by atomic mass is 127. The third-order valence-corrected chi connectivity index (χ3v) is 4.13. The zero-order valence-electron chi connectivity index (χ0n) is 17.7. The Kier molecular flexibility index (Phi) is 12.1. The molecule has 30 heavy (non-hydrogen) atoms. The van der Waals surface area contributed by atoms with Crippen molar-refractivity contribution in [3.63, 3.8) is 0 Å². The third kappa shape index (κ3) is 8.74. The van der Waals surface area contributed by atoms with Gasteiger partial charge in [-0.25, -0.2) is 9.38 Å². The van der Waals surface area contributed by atoms with Crippen molar-refractivity contribution >= 4 is 29.9 Å². The summed E-state index contributed by atoms with van der Waals surface area (Å²) in [5, 5.41) is 15.8. The van der Waals surface area contributed by atoms with Crippen LogP contribution in [0.2, 0.25) is 0 Å². The Morgan fingerprint density at radius 1 is 1.10 bits per heavy atom. The smallest absolute Gasteiger partial charge is 0.191 e. The van der Waals surface area contributed by atoms with E-state index in [-0.39, 0.29) is 36.3 Å². The van der Waals surface area contributed by atoms with E-state index in [2.05, 4.69) is 15.6 Å². The summed E-state index contributed by atoms with van der Waals surface area (Å²) >= 11 is 0. The molecule has 0 unspecified atom stereocenters. The maximum Gasteiger partial charge on any atom is 0.191 e. The van der Waals surface area contributed by atoms with E-state index >= 15 is 0 Å². The number of ether oxygens (including phenoxy) is 2. The summed E-state index contributed by atoms with van der Waals surface area (Å²) in [5.41, 5.74) is 2.80. The molecule has 0 aliphatic carbocycles. The molecule has 166 valence electrons. The lowest BCUT2D eigenvalue weighted by Crippen LogP contribution is -2.36. The molecule has 0 saturated carbocycles. The van der Waals surface area contributed by atoms with Gasteiger partial charge in [-0.05, 0) is 50.1 Å². The molecule has 8 heteroatoms. The van der Waals surface area contributed by atoms with Crippen molar-refractivity contribution in [1.82, 2.24) is 10.6 Å². The van der Waals surface area contributed by atoms with E-state index < -0.39 is 5.82 Å². The largest absolute Gasteiger partial charge is 0.505 e. The second-order valence-corrected chi connectivity index (χ2v) is 6.49. The number of phenols is 1. The Bertz CT molecular complexity index is 818. The van der Waals surface area contributed by atoms with Crippen molar-refractivity contribution in [3.8, 4) is 11.5 Å². The standard InChI is InChI=1S/C22H30FN3O3.HI/c1-4-24-22(25-14-17-7-9-20(27)19(23)13-17)26-15-18-8-6-16(3)12-21(18)29-11-10-28-5-2;/h6-9,12-13,27H,4-5,10-11,14-15H2,1-3H3,(H2,24,25,26);1H.